The highest BCUT2D eigenvalue weighted by molar-refractivity contribution is 5.67. The number of hydrogen-bond acceptors (Lipinski definition) is 5. The fourth-order valence-corrected chi connectivity index (χ4v) is 4.22. The Labute approximate surface area is 171 Å². The van der Waals surface area contributed by atoms with Crippen LogP contribution in [-0.2, 0) is 9.47 Å². The maximum atomic E-state index is 11.7. The van der Waals surface area contributed by atoms with E-state index in [-0.39, 0.29) is 24.6 Å². The molecule has 1 saturated heterocycles. The number of aliphatic hydroxyl groups excluding tert-OH is 1. The molecular weight excluding hydrogens is 368 g/mol. The van der Waals surface area contributed by atoms with Crippen LogP contribution < -0.4 is 12.4 Å². The number of ether oxygens (including phenoxy) is 2. The van der Waals surface area contributed by atoms with Gasteiger partial charge in [-0.15, -0.1) is 0 Å². The van der Waals surface area contributed by atoms with E-state index in [1.807, 2.05) is 6.92 Å². The molecular formula is C20H38ClN2O4-. The summed E-state index contributed by atoms with van der Waals surface area (Å²) in [6.07, 6.45) is 3.18. The number of hydrogen-bond donors (Lipinski definition) is 1. The standard InChI is InChI=1S/C20H38N2O4.ClH/c1-5-25-20(24)22-10-8-21(9-11-22)13-17(23)14-26-19-12-16(4)6-7-18(19)15(2)3;/h15-19,23H,5-14H2,1-4H3;1H/p-1. The zero-order chi connectivity index (χ0) is 19.1. The van der Waals surface area contributed by atoms with E-state index in [1.165, 1.54) is 12.8 Å². The van der Waals surface area contributed by atoms with E-state index < -0.39 is 6.10 Å². The number of carbonyl (C=O) groups is 1. The minimum absolute atomic E-state index is 0. The summed E-state index contributed by atoms with van der Waals surface area (Å²) < 4.78 is 11.2. The number of aliphatic hydroxyl groups is 1. The first-order chi connectivity index (χ1) is 12.4. The van der Waals surface area contributed by atoms with Crippen molar-refractivity contribution in [2.24, 2.45) is 17.8 Å². The smallest absolute Gasteiger partial charge is 0.409 e. The second-order valence-electron chi connectivity index (χ2n) is 8.34. The van der Waals surface area contributed by atoms with E-state index in [9.17, 15) is 9.90 Å². The zero-order valence-corrected chi connectivity index (χ0v) is 18.2. The van der Waals surface area contributed by atoms with E-state index in [1.54, 1.807) is 4.90 Å². The molecule has 0 bridgehead atoms. The monoisotopic (exact) mass is 405 g/mol. The van der Waals surface area contributed by atoms with Gasteiger partial charge >= 0.3 is 6.09 Å². The van der Waals surface area contributed by atoms with Gasteiger partial charge in [-0.1, -0.05) is 27.2 Å². The van der Waals surface area contributed by atoms with Crippen LogP contribution in [0.3, 0.4) is 0 Å². The van der Waals surface area contributed by atoms with Crippen molar-refractivity contribution >= 4 is 6.09 Å². The van der Waals surface area contributed by atoms with Crippen molar-refractivity contribution in [3.05, 3.63) is 0 Å². The molecule has 4 unspecified atom stereocenters. The lowest BCUT2D eigenvalue weighted by Gasteiger charge is -2.38. The average Bonchev–Trinajstić information content (AvgIpc) is 2.60. The molecule has 1 amide bonds. The maximum Gasteiger partial charge on any atom is 0.409 e. The van der Waals surface area contributed by atoms with Gasteiger partial charge in [0.2, 0.25) is 0 Å². The highest BCUT2D eigenvalue weighted by atomic mass is 35.5. The molecule has 1 heterocycles. The molecule has 1 aliphatic carbocycles. The predicted octanol–water partition coefficient (Wildman–Crippen LogP) is -0.397. The molecule has 1 saturated carbocycles. The fraction of sp³-hybridized carbons (Fsp3) is 0.950. The summed E-state index contributed by atoms with van der Waals surface area (Å²) >= 11 is 0. The third-order valence-electron chi connectivity index (χ3n) is 5.83. The Balaban J connectivity index is 0.00000364. The van der Waals surface area contributed by atoms with Crippen LogP contribution in [0, 0.1) is 17.8 Å². The van der Waals surface area contributed by atoms with Crippen LogP contribution in [0.5, 0.6) is 0 Å². The van der Waals surface area contributed by atoms with E-state index in [0.717, 1.165) is 19.5 Å². The minimum Gasteiger partial charge on any atom is -1.00 e. The molecule has 0 aromatic heterocycles. The minimum atomic E-state index is -0.478. The van der Waals surface area contributed by atoms with E-state index in [2.05, 4.69) is 25.7 Å². The Morgan fingerprint density at radius 2 is 1.85 bits per heavy atom. The van der Waals surface area contributed by atoms with Crippen LogP contribution in [-0.4, -0.2) is 79.1 Å². The van der Waals surface area contributed by atoms with E-state index in [4.69, 9.17) is 9.47 Å². The second kappa shape index (κ2) is 12.1. The van der Waals surface area contributed by atoms with Crippen LogP contribution in [0.15, 0.2) is 0 Å². The van der Waals surface area contributed by atoms with Gasteiger partial charge in [-0.3, -0.25) is 4.90 Å². The summed E-state index contributed by atoms with van der Waals surface area (Å²) in [7, 11) is 0. The van der Waals surface area contributed by atoms with Gasteiger partial charge in [0.05, 0.1) is 25.4 Å². The lowest BCUT2D eigenvalue weighted by Crippen LogP contribution is -3.00. The van der Waals surface area contributed by atoms with Gasteiger partial charge in [0.15, 0.2) is 0 Å². The van der Waals surface area contributed by atoms with Crippen molar-refractivity contribution in [1.82, 2.24) is 9.80 Å². The largest absolute Gasteiger partial charge is 1.00 e. The number of rotatable bonds is 7. The molecule has 2 aliphatic rings. The van der Waals surface area contributed by atoms with Crippen LogP contribution in [0.2, 0.25) is 0 Å². The molecule has 2 rings (SSSR count). The first-order valence-corrected chi connectivity index (χ1v) is 10.3. The van der Waals surface area contributed by atoms with Gasteiger partial charge in [-0.05, 0) is 37.5 Å². The molecule has 6 nitrogen and oxygen atoms in total. The van der Waals surface area contributed by atoms with Crippen molar-refractivity contribution < 1.29 is 31.8 Å². The summed E-state index contributed by atoms with van der Waals surface area (Å²) in [4.78, 5) is 15.7. The molecule has 7 heteroatoms. The number of carbonyl (C=O) groups excluding carboxylic acids is 1. The average molecular weight is 406 g/mol. The highest BCUT2D eigenvalue weighted by Gasteiger charge is 2.32. The lowest BCUT2D eigenvalue weighted by atomic mass is 9.75. The van der Waals surface area contributed by atoms with Crippen molar-refractivity contribution in [3.63, 3.8) is 0 Å². The van der Waals surface area contributed by atoms with Gasteiger partial charge in [0.1, 0.15) is 0 Å². The molecule has 1 N–H and O–H groups in total. The molecule has 1 aliphatic heterocycles. The normalized spacial score (nSPS) is 27.9. The van der Waals surface area contributed by atoms with Crippen LogP contribution in [0.1, 0.15) is 47.0 Å². The summed E-state index contributed by atoms with van der Waals surface area (Å²) in [6, 6.07) is 0. The van der Waals surface area contributed by atoms with Crippen LogP contribution in [0.25, 0.3) is 0 Å². The molecule has 0 aromatic rings. The fourth-order valence-electron chi connectivity index (χ4n) is 4.22. The number of piperazine rings is 1. The Bertz CT molecular complexity index is 430. The Hall–Kier alpha value is -0.560. The van der Waals surface area contributed by atoms with Crippen molar-refractivity contribution in [1.29, 1.82) is 0 Å². The lowest BCUT2D eigenvalue weighted by molar-refractivity contribution is -0.0752. The Morgan fingerprint density at radius 3 is 2.44 bits per heavy atom. The third kappa shape index (κ3) is 7.76. The summed E-state index contributed by atoms with van der Waals surface area (Å²) in [5, 5.41) is 10.4. The first kappa shape index (κ1) is 24.5. The van der Waals surface area contributed by atoms with Gasteiger partial charge in [-0.25, -0.2) is 4.79 Å². The molecule has 2 fully saturated rings. The molecule has 0 spiro atoms. The SMILES string of the molecule is CCOC(=O)N1CCN(CC(O)COC2CC(C)CCC2C(C)C)CC1.[Cl-]. The van der Waals surface area contributed by atoms with E-state index in [0.29, 0.717) is 50.6 Å². The maximum absolute atomic E-state index is 11.7. The molecule has 0 aromatic carbocycles. The molecule has 0 radical (unpaired) electrons. The zero-order valence-electron chi connectivity index (χ0n) is 17.4. The summed E-state index contributed by atoms with van der Waals surface area (Å²) in [6.45, 7) is 12.9. The Kier molecular flexibility index (Phi) is 11.0. The van der Waals surface area contributed by atoms with E-state index >= 15 is 0 Å². The number of nitrogens with zero attached hydrogens (tertiary/aromatic N) is 2. The first-order valence-electron chi connectivity index (χ1n) is 10.3. The number of halogens is 1. The summed E-state index contributed by atoms with van der Waals surface area (Å²) in [5.41, 5.74) is 0. The topological polar surface area (TPSA) is 62.2 Å². The third-order valence-corrected chi connectivity index (χ3v) is 5.83. The quantitative estimate of drug-likeness (QED) is 0.624. The van der Waals surface area contributed by atoms with Gasteiger partial charge in [0.25, 0.3) is 0 Å². The molecule has 4 atom stereocenters. The van der Waals surface area contributed by atoms with Crippen molar-refractivity contribution in [2.75, 3.05) is 45.9 Å². The van der Waals surface area contributed by atoms with Gasteiger partial charge < -0.3 is 31.9 Å². The highest BCUT2D eigenvalue weighted by Crippen LogP contribution is 2.35. The van der Waals surface area contributed by atoms with Crippen molar-refractivity contribution in [2.45, 2.75) is 59.2 Å². The van der Waals surface area contributed by atoms with Gasteiger partial charge in [-0.2, -0.15) is 0 Å². The van der Waals surface area contributed by atoms with Crippen LogP contribution in [0.4, 0.5) is 4.79 Å². The van der Waals surface area contributed by atoms with Gasteiger partial charge in [0, 0.05) is 32.7 Å². The summed E-state index contributed by atoms with van der Waals surface area (Å²) in [5.74, 6) is 1.94. The number of β-amino-alcohol motifs (C(OH)–C–C–N with tert-alkyl or cyclic N) is 1. The Morgan fingerprint density at radius 1 is 1.19 bits per heavy atom. The van der Waals surface area contributed by atoms with Crippen LogP contribution >= 0.6 is 0 Å². The second-order valence-corrected chi connectivity index (χ2v) is 8.34. The predicted molar refractivity (Wildman–Crippen MR) is 102 cm³/mol. The molecule has 160 valence electrons. The molecule has 27 heavy (non-hydrogen) atoms. The number of amides is 1. The van der Waals surface area contributed by atoms with Crippen molar-refractivity contribution in [3.8, 4) is 0 Å².